The molecule has 0 radical (unpaired) electrons. The molecule has 0 aliphatic heterocycles. The number of hydrogen-bond donors (Lipinski definition) is 1. The summed E-state index contributed by atoms with van der Waals surface area (Å²) in [4.78, 5) is 0. The van der Waals surface area contributed by atoms with Gasteiger partial charge in [0.2, 0.25) is 5.88 Å². The number of methoxy groups -OCH3 is 2. The van der Waals surface area contributed by atoms with E-state index in [0.29, 0.717) is 22.0 Å². The number of thiazole rings is 1. The maximum absolute atomic E-state index is 9.65. The zero-order chi connectivity index (χ0) is 13.8. The van der Waals surface area contributed by atoms with E-state index in [-0.39, 0.29) is 5.88 Å². The van der Waals surface area contributed by atoms with Crippen LogP contribution in [0.4, 0.5) is 0 Å². The van der Waals surface area contributed by atoms with Crippen LogP contribution in [0, 0.1) is 3.95 Å². The van der Waals surface area contributed by atoms with Crippen molar-refractivity contribution in [3.05, 3.63) is 33.1 Å². The number of nitrogens with zero attached hydrogens (tertiary/aromatic N) is 1. The largest absolute Gasteiger partial charge is 0.494 e. The number of aromatic nitrogens is 1. The van der Waals surface area contributed by atoms with Gasteiger partial charge in [-0.05, 0) is 36.3 Å². The molecule has 0 fully saturated rings. The van der Waals surface area contributed by atoms with Gasteiger partial charge in [-0.3, -0.25) is 4.57 Å². The molecule has 2 aromatic rings. The number of rotatable bonds is 5. The minimum absolute atomic E-state index is 0.218. The fourth-order valence-electron chi connectivity index (χ4n) is 1.81. The average Bonchev–Trinajstić information content (AvgIpc) is 2.75. The van der Waals surface area contributed by atoms with Gasteiger partial charge >= 0.3 is 0 Å². The minimum atomic E-state index is 0.218. The smallest absolute Gasteiger partial charge is 0.202 e. The highest BCUT2D eigenvalue weighted by atomic mass is 32.1. The minimum Gasteiger partial charge on any atom is -0.494 e. The third-order valence-corrected chi connectivity index (χ3v) is 4.09. The van der Waals surface area contributed by atoms with Crippen LogP contribution in [-0.2, 0) is 13.0 Å². The quantitative estimate of drug-likeness (QED) is 0.860. The van der Waals surface area contributed by atoms with E-state index in [1.54, 1.807) is 24.2 Å². The molecule has 19 heavy (non-hydrogen) atoms. The lowest BCUT2D eigenvalue weighted by Crippen LogP contribution is -2.01. The van der Waals surface area contributed by atoms with Gasteiger partial charge in [0, 0.05) is 6.54 Å². The fraction of sp³-hybridized carbons (Fsp3) is 0.308. The first-order valence-electron chi connectivity index (χ1n) is 5.74. The van der Waals surface area contributed by atoms with Gasteiger partial charge in [0.05, 0.1) is 19.6 Å². The summed E-state index contributed by atoms with van der Waals surface area (Å²) in [6, 6.07) is 5.79. The van der Waals surface area contributed by atoms with E-state index in [0.717, 1.165) is 12.0 Å². The molecule has 0 spiro atoms. The lowest BCUT2D eigenvalue weighted by molar-refractivity contribution is 0.354. The number of ether oxygens (including phenoxy) is 2. The van der Waals surface area contributed by atoms with Crippen LogP contribution < -0.4 is 9.47 Å². The predicted molar refractivity (Wildman–Crippen MR) is 78.1 cm³/mol. The Bertz CT molecular complexity index is 619. The molecule has 0 bridgehead atoms. The Kier molecular flexibility index (Phi) is 4.44. The van der Waals surface area contributed by atoms with Gasteiger partial charge in [-0.1, -0.05) is 6.07 Å². The fourth-order valence-corrected chi connectivity index (χ4v) is 2.78. The van der Waals surface area contributed by atoms with Crippen LogP contribution in [0.3, 0.4) is 0 Å². The van der Waals surface area contributed by atoms with Crippen LogP contribution in [0.25, 0.3) is 0 Å². The van der Waals surface area contributed by atoms with Crippen molar-refractivity contribution in [1.29, 1.82) is 0 Å². The molecule has 6 heteroatoms. The number of hydrogen-bond acceptors (Lipinski definition) is 5. The highest BCUT2D eigenvalue weighted by Crippen LogP contribution is 2.28. The topological polar surface area (TPSA) is 43.6 Å². The molecule has 1 heterocycles. The Hall–Kier alpha value is -1.53. The van der Waals surface area contributed by atoms with Crippen molar-refractivity contribution in [2.24, 2.45) is 0 Å². The monoisotopic (exact) mass is 297 g/mol. The molecule has 0 unspecified atom stereocenters. The molecule has 2 rings (SSSR count). The second kappa shape index (κ2) is 6.08. The molecule has 1 aromatic heterocycles. The summed E-state index contributed by atoms with van der Waals surface area (Å²) in [5.41, 5.74) is 1.10. The van der Waals surface area contributed by atoms with Gasteiger partial charge in [-0.15, -0.1) is 11.3 Å². The van der Waals surface area contributed by atoms with Crippen molar-refractivity contribution < 1.29 is 14.6 Å². The third-order valence-electron chi connectivity index (χ3n) is 2.83. The van der Waals surface area contributed by atoms with Crippen LogP contribution in [-0.4, -0.2) is 23.9 Å². The maximum atomic E-state index is 9.65. The Morgan fingerprint density at radius 1 is 1.26 bits per heavy atom. The van der Waals surface area contributed by atoms with Crippen LogP contribution >= 0.6 is 23.6 Å². The molecule has 102 valence electrons. The third kappa shape index (κ3) is 3.08. The summed E-state index contributed by atoms with van der Waals surface area (Å²) in [6.45, 7) is 0.643. The first-order chi connectivity index (χ1) is 9.15. The van der Waals surface area contributed by atoms with E-state index in [1.165, 1.54) is 11.3 Å². The molecule has 0 amide bonds. The lowest BCUT2D eigenvalue weighted by Gasteiger charge is -2.10. The first-order valence-corrected chi connectivity index (χ1v) is 7.02. The second-order valence-corrected chi connectivity index (χ2v) is 5.45. The normalized spacial score (nSPS) is 10.4. The van der Waals surface area contributed by atoms with E-state index in [9.17, 15) is 5.11 Å². The Balaban J connectivity index is 2.14. The highest BCUT2D eigenvalue weighted by molar-refractivity contribution is 7.73. The van der Waals surface area contributed by atoms with Crippen molar-refractivity contribution >= 4 is 23.6 Å². The second-order valence-electron chi connectivity index (χ2n) is 3.95. The van der Waals surface area contributed by atoms with Gasteiger partial charge in [-0.2, -0.15) is 0 Å². The van der Waals surface area contributed by atoms with Gasteiger partial charge in [-0.25, -0.2) is 0 Å². The molecular formula is C13H15NO3S2. The van der Waals surface area contributed by atoms with Crippen molar-refractivity contribution in [1.82, 2.24) is 4.57 Å². The van der Waals surface area contributed by atoms with E-state index < -0.39 is 0 Å². The summed E-state index contributed by atoms with van der Waals surface area (Å²) in [5.74, 6) is 1.63. The van der Waals surface area contributed by atoms with Gasteiger partial charge in [0.25, 0.3) is 0 Å². The Morgan fingerprint density at radius 3 is 2.58 bits per heavy atom. The van der Waals surface area contributed by atoms with Crippen LogP contribution in [0.1, 0.15) is 5.56 Å². The van der Waals surface area contributed by atoms with E-state index in [4.69, 9.17) is 21.7 Å². The molecule has 1 N–H and O–H groups in total. The zero-order valence-corrected chi connectivity index (χ0v) is 12.4. The van der Waals surface area contributed by atoms with Gasteiger partial charge < -0.3 is 14.6 Å². The summed E-state index contributed by atoms with van der Waals surface area (Å²) < 4.78 is 12.9. The van der Waals surface area contributed by atoms with Gasteiger partial charge in [0.1, 0.15) is 0 Å². The molecule has 4 nitrogen and oxygen atoms in total. The first kappa shape index (κ1) is 13.9. The predicted octanol–water partition coefficient (Wildman–Crippen LogP) is 3.24. The molecule has 0 atom stereocenters. The number of aromatic hydroxyl groups is 1. The molecule has 0 aliphatic rings. The zero-order valence-electron chi connectivity index (χ0n) is 10.8. The summed E-state index contributed by atoms with van der Waals surface area (Å²) in [6.07, 6.45) is 0.763. The van der Waals surface area contributed by atoms with Crippen LogP contribution in [0.5, 0.6) is 17.4 Å². The number of benzene rings is 1. The van der Waals surface area contributed by atoms with Crippen molar-refractivity contribution in [3.63, 3.8) is 0 Å². The molecule has 0 saturated carbocycles. The van der Waals surface area contributed by atoms with Gasteiger partial charge in [0.15, 0.2) is 15.5 Å². The summed E-state index contributed by atoms with van der Waals surface area (Å²) in [7, 11) is 3.22. The molecule has 1 aromatic carbocycles. The van der Waals surface area contributed by atoms with E-state index in [2.05, 4.69) is 0 Å². The SMILES string of the molecule is COc1ccc(CCn2c(O)csc2=S)cc1OC. The van der Waals surface area contributed by atoms with Crippen LogP contribution in [0.15, 0.2) is 23.6 Å². The van der Waals surface area contributed by atoms with Crippen LogP contribution in [0.2, 0.25) is 0 Å². The maximum Gasteiger partial charge on any atom is 0.202 e. The van der Waals surface area contributed by atoms with E-state index in [1.807, 2.05) is 18.2 Å². The lowest BCUT2D eigenvalue weighted by atomic mass is 10.1. The van der Waals surface area contributed by atoms with Crippen molar-refractivity contribution in [3.8, 4) is 17.4 Å². The number of aryl methyl sites for hydroxylation is 1. The summed E-state index contributed by atoms with van der Waals surface area (Å²) >= 11 is 6.52. The molecule has 0 aliphatic carbocycles. The Labute approximate surface area is 120 Å². The molecule has 0 saturated heterocycles. The van der Waals surface area contributed by atoms with Crippen molar-refractivity contribution in [2.75, 3.05) is 14.2 Å². The summed E-state index contributed by atoms with van der Waals surface area (Å²) in [5, 5.41) is 11.3. The van der Waals surface area contributed by atoms with Crippen molar-refractivity contribution in [2.45, 2.75) is 13.0 Å². The Morgan fingerprint density at radius 2 is 2.00 bits per heavy atom. The standard InChI is InChI=1S/C13H15NO3S2/c1-16-10-4-3-9(7-11(10)17-2)5-6-14-12(15)8-19-13(14)18/h3-4,7-8,15H,5-6H2,1-2H3. The average molecular weight is 297 g/mol. The van der Waals surface area contributed by atoms with E-state index >= 15 is 0 Å². The molecular weight excluding hydrogens is 282 g/mol. The highest BCUT2D eigenvalue weighted by Gasteiger charge is 2.06.